The Hall–Kier alpha value is -3.50. The van der Waals surface area contributed by atoms with Crippen LogP contribution in [-0.4, -0.2) is 53.5 Å². The maximum absolute atomic E-state index is 13.0. The Balaban J connectivity index is 1.52. The molecule has 1 amide bonds. The van der Waals surface area contributed by atoms with Crippen molar-refractivity contribution in [2.45, 2.75) is 45.1 Å². The molecule has 2 aromatic carbocycles. The van der Waals surface area contributed by atoms with Gasteiger partial charge in [0.1, 0.15) is 5.69 Å². The highest BCUT2D eigenvalue weighted by atomic mass is 16.1. The first-order chi connectivity index (χ1) is 17.2. The molecular weight excluding hydrogens is 436 g/mol. The van der Waals surface area contributed by atoms with Gasteiger partial charge in [0.25, 0.3) is 0 Å². The molecule has 35 heavy (non-hydrogen) atoms. The van der Waals surface area contributed by atoms with Crippen molar-refractivity contribution in [1.29, 1.82) is 5.26 Å². The third kappa shape index (κ3) is 6.34. The summed E-state index contributed by atoms with van der Waals surface area (Å²) in [5, 5.41) is 12.9. The van der Waals surface area contributed by atoms with Gasteiger partial charge in [-0.3, -0.25) is 9.69 Å². The summed E-state index contributed by atoms with van der Waals surface area (Å²) in [7, 11) is 0. The van der Waals surface area contributed by atoms with E-state index in [0.717, 1.165) is 63.9 Å². The van der Waals surface area contributed by atoms with E-state index in [1.807, 2.05) is 30.3 Å². The lowest BCUT2D eigenvalue weighted by atomic mass is 10.0. The SMILES string of the molecule is CCCCCCNC(=O)[C@H](C#N)c1nc2ccccc2nc1N1CCN(Cc2ccccc2)CC1. The first-order valence-electron chi connectivity index (χ1n) is 12.6. The summed E-state index contributed by atoms with van der Waals surface area (Å²) < 4.78 is 0. The Bertz CT molecular complexity index is 1150. The van der Waals surface area contributed by atoms with Gasteiger partial charge in [-0.2, -0.15) is 5.26 Å². The fourth-order valence-corrected chi connectivity index (χ4v) is 4.50. The summed E-state index contributed by atoms with van der Waals surface area (Å²) in [4.78, 5) is 27.3. The minimum absolute atomic E-state index is 0.294. The Labute approximate surface area is 207 Å². The zero-order valence-corrected chi connectivity index (χ0v) is 20.5. The number of unbranched alkanes of at least 4 members (excludes halogenated alkanes) is 3. The van der Waals surface area contributed by atoms with Crippen molar-refractivity contribution in [3.63, 3.8) is 0 Å². The van der Waals surface area contributed by atoms with Crippen LogP contribution in [0.4, 0.5) is 5.82 Å². The first-order valence-corrected chi connectivity index (χ1v) is 12.6. The van der Waals surface area contributed by atoms with E-state index in [2.05, 4.69) is 52.4 Å². The lowest BCUT2D eigenvalue weighted by molar-refractivity contribution is -0.121. The van der Waals surface area contributed by atoms with Gasteiger partial charge in [0, 0.05) is 39.3 Å². The number of nitriles is 1. The summed E-state index contributed by atoms with van der Waals surface area (Å²) >= 11 is 0. The maximum atomic E-state index is 13.0. The lowest BCUT2D eigenvalue weighted by Crippen LogP contribution is -2.47. The molecule has 1 saturated heterocycles. The van der Waals surface area contributed by atoms with Crippen LogP contribution in [0.2, 0.25) is 0 Å². The number of amides is 1. The second kappa shape index (κ2) is 12.3. The molecule has 1 aliphatic heterocycles. The molecule has 1 aliphatic rings. The largest absolute Gasteiger partial charge is 0.355 e. The highest BCUT2D eigenvalue weighted by Gasteiger charge is 2.30. The molecule has 0 spiro atoms. The smallest absolute Gasteiger partial charge is 0.243 e. The van der Waals surface area contributed by atoms with Crippen LogP contribution in [0.5, 0.6) is 0 Å². The molecular formula is C28H34N6O. The van der Waals surface area contributed by atoms with E-state index in [-0.39, 0.29) is 5.91 Å². The Kier molecular flexibility index (Phi) is 8.63. The quantitative estimate of drug-likeness (QED) is 0.446. The molecule has 1 fully saturated rings. The highest BCUT2D eigenvalue weighted by Crippen LogP contribution is 2.28. The molecule has 1 atom stereocenters. The standard InChI is InChI=1S/C28H34N6O/c1-2-3-4-10-15-30-28(35)23(20-29)26-27(32-25-14-9-8-13-24(25)31-26)34-18-16-33(17-19-34)21-22-11-6-5-7-12-22/h5-9,11-14,23H,2-4,10,15-19,21H2,1H3,(H,30,35)/t23-/m1/s1. The monoisotopic (exact) mass is 470 g/mol. The molecule has 0 saturated carbocycles. The van der Waals surface area contributed by atoms with Gasteiger partial charge in [-0.05, 0) is 24.1 Å². The van der Waals surface area contributed by atoms with Gasteiger partial charge in [0.05, 0.1) is 17.1 Å². The lowest BCUT2D eigenvalue weighted by Gasteiger charge is -2.36. The Morgan fingerprint density at radius 2 is 1.66 bits per heavy atom. The maximum Gasteiger partial charge on any atom is 0.243 e. The van der Waals surface area contributed by atoms with E-state index in [4.69, 9.17) is 9.97 Å². The Morgan fingerprint density at radius 3 is 2.34 bits per heavy atom. The van der Waals surface area contributed by atoms with Gasteiger partial charge >= 0.3 is 0 Å². The summed E-state index contributed by atoms with van der Waals surface area (Å²) in [6.45, 7) is 6.93. The van der Waals surface area contributed by atoms with E-state index in [1.165, 1.54) is 5.56 Å². The molecule has 0 radical (unpaired) electrons. The number of carbonyl (C=O) groups excluding carboxylic acids is 1. The van der Waals surface area contributed by atoms with E-state index in [1.54, 1.807) is 0 Å². The first kappa shape index (κ1) is 24.6. The number of rotatable bonds is 10. The number of hydrogen-bond acceptors (Lipinski definition) is 6. The van der Waals surface area contributed by atoms with Crippen LogP contribution in [0, 0.1) is 11.3 Å². The summed E-state index contributed by atoms with van der Waals surface area (Å²) in [6, 6.07) is 20.3. The fraction of sp³-hybridized carbons (Fsp3) is 0.429. The van der Waals surface area contributed by atoms with E-state index in [9.17, 15) is 10.1 Å². The predicted octanol–water partition coefficient (Wildman–Crippen LogP) is 4.26. The van der Waals surface area contributed by atoms with Crippen LogP contribution >= 0.6 is 0 Å². The van der Waals surface area contributed by atoms with Crippen molar-refractivity contribution in [2.75, 3.05) is 37.6 Å². The second-order valence-electron chi connectivity index (χ2n) is 9.08. The summed E-state index contributed by atoms with van der Waals surface area (Å²) in [6.07, 6.45) is 4.27. The molecule has 4 rings (SSSR count). The molecule has 7 heteroatoms. The number of fused-ring (bicyclic) bond motifs is 1. The number of nitrogens with one attached hydrogen (secondary N) is 1. The van der Waals surface area contributed by atoms with Crippen LogP contribution in [0.15, 0.2) is 54.6 Å². The van der Waals surface area contributed by atoms with Crippen molar-refractivity contribution in [2.24, 2.45) is 0 Å². The number of nitrogens with zero attached hydrogens (tertiary/aromatic N) is 5. The van der Waals surface area contributed by atoms with Gasteiger partial charge in [-0.15, -0.1) is 0 Å². The summed E-state index contributed by atoms with van der Waals surface area (Å²) in [5.41, 5.74) is 3.22. The zero-order chi connectivity index (χ0) is 24.5. The zero-order valence-electron chi connectivity index (χ0n) is 20.5. The van der Waals surface area contributed by atoms with Gasteiger partial charge in [0.2, 0.25) is 5.91 Å². The molecule has 1 N–H and O–H groups in total. The molecule has 2 heterocycles. The van der Waals surface area contributed by atoms with Crippen molar-refractivity contribution < 1.29 is 4.79 Å². The van der Waals surface area contributed by atoms with Crippen molar-refractivity contribution in [3.8, 4) is 6.07 Å². The van der Waals surface area contributed by atoms with E-state index >= 15 is 0 Å². The topological polar surface area (TPSA) is 85.1 Å². The highest BCUT2D eigenvalue weighted by molar-refractivity contribution is 5.88. The third-order valence-electron chi connectivity index (χ3n) is 6.49. The number of anilines is 1. The average Bonchev–Trinajstić information content (AvgIpc) is 2.90. The Morgan fingerprint density at radius 1 is 0.971 bits per heavy atom. The minimum Gasteiger partial charge on any atom is -0.355 e. The van der Waals surface area contributed by atoms with Crippen molar-refractivity contribution in [3.05, 3.63) is 65.9 Å². The second-order valence-corrected chi connectivity index (χ2v) is 9.08. The molecule has 0 aliphatic carbocycles. The number of piperazine rings is 1. The average molecular weight is 471 g/mol. The van der Waals surface area contributed by atoms with Gasteiger partial charge in [-0.1, -0.05) is 68.7 Å². The molecule has 1 aromatic heterocycles. The van der Waals surface area contributed by atoms with Crippen LogP contribution < -0.4 is 10.2 Å². The number of para-hydroxylation sites is 2. The van der Waals surface area contributed by atoms with Gasteiger partial charge in [0.15, 0.2) is 11.7 Å². The van der Waals surface area contributed by atoms with Crippen LogP contribution in [0.3, 0.4) is 0 Å². The third-order valence-corrected chi connectivity index (χ3v) is 6.49. The molecule has 0 unspecified atom stereocenters. The van der Waals surface area contributed by atoms with E-state index < -0.39 is 5.92 Å². The number of aromatic nitrogens is 2. The van der Waals surface area contributed by atoms with Crippen LogP contribution in [0.25, 0.3) is 11.0 Å². The van der Waals surface area contributed by atoms with Gasteiger partial charge in [-0.25, -0.2) is 9.97 Å². The number of hydrogen-bond donors (Lipinski definition) is 1. The normalized spacial score (nSPS) is 15.0. The molecule has 182 valence electrons. The molecule has 3 aromatic rings. The van der Waals surface area contributed by atoms with Crippen LogP contribution in [-0.2, 0) is 11.3 Å². The number of carbonyl (C=O) groups is 1. The molecule has 0 bridgehead atoms. The molecule has 7 nitrogen and oxygen atoms in total. The van der Waals surface area contributed by atoms with Crippen LogP contribution in [0.1, 0.15) is 49.8 Å². The summed E-state index contributed by atoms with van der Waals surface area (Å²) in [5.74, 6) is -0.635. The van der Waals surface area contributed by atoms with E-state index in [0.29, 0.717) is 23.6 Å². The van der Waals surface area contributed by atoms with Crippen molar-refractivity contribution in [1.82, 2.24) is 20.2 Å². The fourth-order valence-electron chi connectivity index (χ4n) is 4.50. The number of benzene rings is 2. The minimum atomic E-state index is -0.990. The van der Waals surface area contributed by atoms with Gasteiger partial charge < -0.3 is 10.2 Å². The van der Waals surface area contributed by atoms with Crippen molar-refractivity contribution >= 4 is 22.8 Å². The predicted molar refractivity (Wildman–Crippen MR) is 139 cm³/mol.